The van der Waals surface area contributed by atoms with Gasteiger partial charge in [0, 0.05) is 30.9 Å². The fourth-order valence-corrected chi connectivity index (χ4v) is 5.03. The summed E-state index contributed by atoms with van der Waals surface area (Å²) in [6, 6.07) is 13.3. The normalized spacial score (nSPS) is 19.5. The van der Waals surface area contributed by atoms with Crippen LogP contribution >= 0.6 is 0 Å². The molecule has 39 heavy (non-hydrogen) atoms. The van der Waals surface area contributed by atoms with Crippen LogP contribution in [0.1, 0.15) is 42.1 Å². The molecule has 0 spiro atoms. The highest BCUT2D eigenvalue weighted by Crippen LogP contribution is 2.43. The molecule has 0 radical (unpaired) electrons. The van der Waals surface area contributed by atoms with E-state index in [1.807, 2.05) is 26.0 Å². The first kappa shape index (κ1) is 26.0. The van der Waals surface area contributed by atoms with Gasteiger partial charge in [-0.3, -0.25) is 14.6 Å². The molecule has 1 aromatic heterocycles. The van der Waals surface area contributed by atoms with Gasteiger partial charge in [0.25, 0.3) is 11.7 Å². The molecule has 2 aliphatic heterocycles. The van der Waals surface area contributed by atoms with Crippen LogP contribution in [0.5, 0.6) is 17.2 Å². The number of benzene rings is 2. The van der Waals surface area contributed by atoms with Crippen LogP contribution in [0.2, 0.25) is 0 Å². The zero-order valence-corrected chi connectivity index (χ0v) is 21.9. The van der Waals surface area contributed by atoms with Crippen molar-refractivity contribution in [3.8, 4) is 17.2 Å². The van der Waals surface area contributed by atoms with Crippen LogP contribution in [0.25, 0.3) is 5.76 Å². The van der Waals surface area contributed by atoms with Crippen LogP contribution in [0.3, 0.4) is 0 Å². The number of Topliss-reactive ketones (excluding diaryl/α,β-unsaturated/α-hetero) is 1. The number of pyridine rings is 1. The van der Waals surface area contributed by atoms with Crippen molar-refractivity contribution in [2.24, 2.45) is 0 Å². The number of aliphatic hydroxyl groups excluding tert-OH is 1. The zero-order chi connectivity index (χ0) is 27.5. The molecule has 0 saturated carbocycles. The predicted molar refractivity (Wildman–Crippen MR) is 146 cm³/mol. The summed E-state index contributed by atoms with van der Waals surface area (Å²) in [7, 11) is 0. The molecule has 0 aliphatic carbocycles. The molecule has 1 fully saturated rings. The highest BCUT2D eigenvalue weighted by molar-refractivity contribution is 6.46. The molecule has 2 unspecified atom stereocenters. The van der Waals surface area contributed by atoms with Gasteiger partial charge in [0.1, 0.15) is 24.2 Å². The van der Waals surface area contributed by atoms with Gasteiger partial charge in [0.05, 0.1) is 18.2 Å². The van der Waals surface area contributed by atoms with Crippen molar-refractivity contribution in [1.82, 2.24) is 9.88 Å². The lowest BCUT2D eigenvalue weighted by Crippen LogP contribution is -2.29. The van der Waals surface area contributed by atoms with E-state index in [1.54, 1.807) is 54.9 Å². The topological polar surface area (TPSA) is 98.2 Å². The zero-order valence-electron chi connectivity index (χ0n) is 21.9. The SMILES string of the molecule is C=CCOc1ccc(C2C(=C(O)c3ccc4c(c3)CC(C)O4)C(=O)C(=O)N2Cc2cccnc2)cc1OCC. The Kier molecular flexibility index (Phi) is 7.36. The Morgan fingerprint density at radius 2 is 2.03 bits per heavy atom. The lowest BCUT2D eigenvalue weighted by Gasteiger charge is -2.26. The minimum Gasteiger partial charge on any atom is -0.507 e. The number of fused-ring (bicyclic) bond motifs is 1. The summed E-state index contributed by atoms with van der Waals surface area (Å²) in [6.07, 6.45) is 5.65. The number of nitrogens with zero attached hydrogens (tertiary/aromatic N) is 2. The number of hydrogen-bond acceptors (Lipinski definition) is 7. The number of aromatic nitrogens is 1. The van der Waals surface area contributed by atoms with E-state index in [1.165, 1.54) is 4.90 Å². The van der Waals surface area contributed by atoms with E-state index in [0.29, 0.717) is 42.3 Å². The summed E-state index contributed by atoms with van der Waals surface area (Å²) >= 11 is 0. The molecule has 5 rings (SSSR count). The Hall–Kier alpha value is -4.59. The summed E-state index contributed by atoms with van der Waals surface area (Å²) in [6.45, 7) is 8.33. The number of hydrogen-bond donors (Lipinski definition) is 1. The van der Waals surface area contributed by atoms with Crippen LogP contribution in [-0.4, -0.2) is 46.0 Å². The summed E-state index contributed by atoms with van der Waals surface area (Å²) in [4.78, 5) is 32.5. The largest absolute Gasteiger partial charge is 0.507 e. The molecule has 200 valence electrons. The molecule has 8 nitrogen and oxygen atoms in total. The molecule has 1 saturated heterocycles. The van der Waals surface area contributed by atoms with Crippen molar-refractivity contribution in [3.05, 3.63) is 101 Å². The molecule has 3 aromatic rings. The van der Waals surface area contributed by atoms with Crippen molar-refractivity contribution in [2.45, 2.75) is 39.0 Å². The fourth-order valence-electron chi connectivity index (χ4n) is 5.03. The van der Waals surface area contributed by atoms with E-state index in [2.05, 4.69) is 11.6 Å². The fraction of sp³-hybridized carbons (Fsp3) is 0.258. The van der Waals surface area contributed by atoms with E-state index in [9.17, 15) is 14.7 Å². The molecule has 1 amide bonds. The van der Waals surface area contributed by atoms with Gasteiger partial charge in [-0.25, -0.2) is 0 Å². The standard InChI is InChI=1S/C31H30N2O6/c1-4-13-38-25-11-8-21(16-26(25)37-5-2)28-27(29(34)22-9-10-24-23(15-22)14-19(3)39-24)30(35)31(36)33(28)18-20-7-6-12-32-17-20/h4,6-12,15-17,19,28,34H,1,5,13-14,18H2,2-3H3. The molecule has 0 bridgehead atoms. The number of rotatable bonds is 9. The lowest BCUT2D eigenvalue weighted by atomic mass is 9.94. The minimum absolute atomic E-state index is 0.0120. The van der Waals surface area contributed by atoms with Crippen molar-refractivity contribution < 1.29 is 28.9 Å². The molecule has 2 atom stereocenters. The van der Waals surface area contributed by atoms with E-state index >= 15 is 0 Å². The second-order valence-electron chi connectivity index (χ2n) is 9.48. The summed E-state index contributed by atoms with van der Waals surface area (Å²) in [5, 5.41) is 11.5. The first-order valence-electron chi connectivity index (χ1n) is 12.9. The van der Waals surface area contributed by atoms with Gasteiger partial charge < -0.3 is 24.2 Å². The Morgan fingerprint density at radius 3 is 2.77 bits per heavy atom. The summed E-state index contributed by atoms with van der Waals surface area (Å²) < 4.78 is 17.4. The lowest BCUT2D eigenvalue weighted by molar-refractivity contribution is -0.140. The third-order valence-electron chi connectivity index (χ3n) is 6.73. The van der Waals surface area contributed by atoms with Crippen LogP contribution in [0, 0.1) is 0 Å². The Bertz CT molecular complexity index is 1450. The maximum absolute atomic E-state index is 13.5. The highest BCUT2D eigenvalue weighted by Gasteiger charge is 2.46. The van der Waals surface area contributed by atoms with E-state index in [4.69, 9.17) is 14.2 Å². The quantitative estimate of drug-likeness (QED) is 0.182. The summed E-state index contributed by atoms with van der Waals surface area (Å²) in [5.41, 5.74) is 2.76. The molecule has 8 heteroatoms. The monoisotopic (exact) mass is 526 g/mol. The Labute approximate surface area is 227 Å². The van der Waals surface area contributed by atoms with E-state index in [0.717, 1.165) is 16.9 Å². The Morgan fingerprint density at radius 1 is 1.18 bits per heavy atom. The average Bonchev–Trinajstić information content (AvgIpc) is 3.43. The van der Waals surface area contributed by atoms with Crippen molar-refractivity contribution in [1.29, 1.82) is 0 Å². The minimum atomic E-state index is -0.860. The van der Waals surface area contributed by atoms with Crippen LogP contribution in [0.4, 0.5) is 0 Å². The molecule has 2 aromatic carbocycles. The van der Waals surface area contributed by atoms with Gasteiger partial charge in [0.15, 0.2) is 11.5 Å². The summed E-state index contributed by atoms with van der Waals surface area (Å²) in [5.74, 6) is 0.0401. The van der Waals surface area contributed by atoms with E-state index < -0.39 is 17.7 Å². The van der Waals surface area contributed by atoms with Crippen LogP contribution < -0.4 is 14.2 Å². The first-order chi connectivity index (χ1) is 18.9. The average molecular weight is 527 g/mol. The van der Waals surface area contributed by atoms with Crippen molar-refractivity contribution >= 4 is 17.4 Å². The molecule has 1 N–H and O–H groups in total. The number of ether oxygens (including phenoxy) is 3. The predicted octanol–water partition coefficient (Wildman–Crippen LogP) is 4.99. The molecular formula is C31H30N2O6. The Balaban J connectivity index is 1.64. The van der Waals surface area contributed by atoms with Gasteiger partial charge >= 0.3 is 0 Å². The van der Waals surface area contributed by atoms with Crippen molar-refractivity contribution in [2.75, 3.05) is 13.2 Å². The van der Waals surface area contributed by atoms with Gasteiger partial charge in [-0.1, -0.05) is 24.8 Å². The number of carbonyl (C=O) groups excluding carboxylic acids is 2. The number of carbonyl (C=O) groups is 2. The van der Waals surface area contributed by atoms with Crippen molar-refractivity contribution in [3.63, 3.8) is 0 Å². The van der Waals surface area contributed by atoms with E-state index in [-0.39, 0.29) is 24.0 Å². The highest BCUT2D eigenvalue weighted by atomic mass is 16.5. The second-order valence-corrected chi connectivity index (χ2v) is 9.48. The number of amides is 1. The number of likely N-dealkylation sites (tertiary alicyclic amines) is 1. The smallest absolute Gasteiger partial charge is 0.295 e. The molecular weight excluding hydrogens is 496 g/mol. The number of aliphatic hydroxyl groups is 1. The first-order valence-corrected chi connectivity index (χ1v) is 12.9. The third kappa shape index (κ3) is 5.10. The second kappa shape index (κ2) is 11.0. The van der Waals surface area contributed by atoms with Gasteiger partial charge in [-0.15, -0.1) is 0 Å². The van der Waals surface area contributed by atoms with Gasteiger partial charge in [0.2, 0.25) is 0 Å². The van der Waals surface area contributed by atoms with Crippen LogP contribution in [0.15, 0.2) is 79.2 Å². The van der Waals surface area contributed by atoms with Gasteiger partial charge in [-0.2, -0.15) is 0 Å². The maximum atomic E-state index is 13.5. The van der Waals surface area contributed by atoms with Gasteiger partial charge in [-0.05, 0) is 66.9 Å². The third-order valence-corrected chi connectivity index (χ3v) is 6.73. The molecule has 2 aliphatic rings. The maximum Gasteiger partial charge on any atom is 0.295 e. The molecule has 3 heterocycles. The number of ketones is 1. The van der Waals surface area contributed by atoms with Crippen LogP contribution in [-0.2, 0) is 22.6 Å².